The Morgan fingerprint density at radius 3 is 2.64 bits per heavy atom. The number of aryl methyl sites for hydroxylation is 2. The van der Waals surface area contributed by atoms with Crippen LogP contribution in [0, 0.1) is 13.8 Å². The van der Waals surface area contributed by atoms with Gasteiger partial charge in [-0.2, -0.15) is 5.10 Å². The summed E-state index contributed by atoms with van der Waals surface area (Å²) in [5, 5.41) is 8.04. The molecule has 2 aromatic carbocycles. The molecule has 0 unspecified atom stereocenters. The van der Waals surface area contributed by atoms with Gasteiger partial charge in [-0.15, -0.1) is 0 Å². The summed E-state index contributed by atoms with van der Waals surface area (Å²) in [5.74, 6) is -0.116. The van der Waals surface area contributed by atoms with Crippen molar-refractivity contribution in [3.63, 3.8) is 0 Å². The third kappa shape index (κ3) is 4.28. The van der Waals surface area contributed by atoms with Gasteiger partial charge in [0, 0.05) is 22.8 Å². The first-order chi connectivity index (χ1) is 12.0. The number of carbonyl (C=O) groups is 1. The highest BCUT2D eigenvalue weighted by Crippen LogP contribution is 2.15. The van der Waals surface area contributed by atoms with Gasteiger partial charge in [0.2, 0.25) is 0 Å². The number of hydrogen-bond acceptors (Lipinski definition) is 2. The number of halogens is 1. The highest BCUT2D eigenvalue weighted by Gasteiger charge is 2.08. The second kappa shape index (κ2) is 7.53. The van der Waals surface area contributed by atoms with Crippen LogP contribution in [0.4, 0.5) is 0 Å². The number of hydrogen-bond donors (Lipinski definition) is 1. The molecule has 0 bridgehead atoms. The van der Waals surface area contributed by atoms with E-state index >= 15 is 0 Å². The van der Waals surface area contributed by atoms with Crippen LogP contribution in [0.25, 0.3) is 0 Å². The maximum absolute atomic E-state index is 12.4. The number of aromatic nitrogens is 2. The SMILES string of the molecule is Cc1cc(C)n(Cc2cccc(C(=O)NCc3ccccc3Cl)c2)n1. The Labute approximate surface area is 152 Å². The largest absolute Gasteiger partial charge is 0.348 e. The molecule has 0 saturated heterocycles. The maximum Gasteiger partial charge on any atom is 0.251 e. The maximum atomic E-state index is 12.4. The first-order valence-corrected chi connectivity index (χ1v) is 8.52. The lowest BCUT2D eigenvalue weighted by Crippen LogP contribution is -2.23. The highest BCUT2D eigenvalue weighted by atomic mass is 35.5. The number of amides is 1. The monoisotopic (exact) mass is 353 g/mol. The summed E-state index contributed by atoms with van der Waals surface area (Å²) in [7, 11) is 0. The average molecular weight is 354 g/mol. The van der Waals surface area contributed by atoms with Crippen LogP contribution >= 0.6 is 11.6 Å². The normalized spacial score (nSPS) is 10.7. The second-order valence-electron chi connectivity index (χ2n) is 6.06. The number of benzene rings is 2. The quantitative estimate of drug-likeness (QED) is 0.749. The molecule has 0 aliphatic rings. The minimum Gasteiger partial charge on any atom is -0.348 e. The van der Waals surface area contributed by atoms with Gasteiger partial charge in [0.05, 0.1) is 12.2 Å². The molecule has 0 radical (unpaired) electrons. The molecule has 1 amide bonds. The third-order valence-electron chi connectivity index (χ3n) is 4.02. The summed E-state index contributed by atoms with van der Waals surface area (Å²) in [4.78, 5) is 12.4. The van der Waals surface area contributed by atoms with E-state index in [1.165, 1.54) is 0 Å². The van der Waals surface area contributed by atoms with Crippen LogP contribution < -0.4 is 5.32 Å². The topological polar surface area (TPSA) is 46.9 Å². The standard InChI is InChI=1S/C20H20ClN3O/c1-14-10-15(2)24(23-14)13-16-6-5-8-17(11-16)20(25)22-12-18-7-3-4-9-19(18)21/h3-11H,12-13H2,1-2H3,(H,22,25). The number of nitrogens with one attached hydrogen (secondary N) is 1. The highest BCUT2D eigenvalue weighted by molar-refractivity contribution is 6.31. The number of nitrogens with zero attached hydrogens (tertiary/aromatic N) is 2. The molecule has 128 valence electrons. The van der Waals surface area contributed by atoms with E-state index < -0.39 is 0 Å². The number of rotatable bonds is 5. The van der Waals surface area contributed by atoms with Crippen LogP contribution in [0.2, 0.25) is 5.02 Å². The Morgan fingerprint density at radius 2 is 1.92 bits per heavy atom. The van der Waals surface area contributed by atoms with E-state index in [4.69, 9.17) is 11.6 Å². The van der Waals surface area contributed by atoms with E-state index in [1.54, 1.807) is 0 Å². The minimum absolute atomic E-state index is 0.116. The van der Waals surface area contributed by atoms with Gasteiger partial charge in [0.25, 0.3) is 5.91 Å². The van der Waals surface area contributed by atoms with Gasteiger partial charge >= 0.3 is 0 Å². The molecule has 0 spiro atoms. The summed E-state index contributed by atoms with van der Waals surface area (Å²) in [6.07, 6.45) is 0. The lowest BCUT2D eigenvalue weighted by molar-refractivity contribution is 0.0951. The van der Waals surface area contributed by atoms with Crippen molar-refractivity contribution in [1.29, 1.82) is 0 Å². The molecular weight excluding hydrogens is 334 g/mol. The van der Waals surface area contributed by atoms with Crippen molar-refractivity contribution in [2.24, 2.45) is 0 Å². The van der Waals surface area contributed by atoms with Gasteiger partial charge in [0.1, 0.15) is 0 Å². The molecule has 1 heterocycles. The van der Waals surface area contributed by atoms with Crippen molar-refractivity contribution in [2.75, 3.05) is 0 Å². The molecule has 5 heteroatoms. The fraction of sp³-hybridized carbons (Fsp3) is 0.200. The van der Waals surface area contributed by atoms with Gasteiger partial charge in [-0.25, -0.2) is 0 Å². The molecule has 1 N–H and O–H groups in total. The van der Waals surface area contributed by atoms with Crippen LogP contribution in [0.15, 0.2) is 54.6 Å². The van der Waals surface area contributed by atoms with E-state index in [0.29, 0.717) is 23.7 Å². The van der Waals surface area contributed by atoms with Crippen molar-refractivity contribution in [3.05, 3.63) is 87.7 Å². The van der Waals surface area contributed by atoms with E-state index in [9.17, 15) is 4.79 Å². The van der Waals surface area contributed by atoms with Crippen LogP contribution in [0.1, 0.15) is 32.9 Å². The summed E-state index contributed by atoms with van der Waals surface area (Å²) in [6.45, 7) is 5.05. The molecule has 0 fully saturated rings. The van der Waals surface area contributed by atoms with Crippen LogP contribution in [-0.4, -0.2) is 15.7 Å². The van der Waals surface area contributed by atoms with Gasteiger partial charge in [-0.1, -0.05) is 41.9 Å². The first kappa shape index (κ1) is 17.2. The molecule has 3 aromatic rings. The fourth-order valence-electron chi connectivity index (χ4n) is 2.74. The Balaban J connectivity index is 1.69. The summed E-state index contributed by atoms with van der Waals surface area (Å²) in [5.41, 5.74) is 4.66. The lowest BCUT2D eigenvalue weighted by Gasteiger charge is -2.09. The average Bonchev–Trinajstić information content (AvgIpc) is 2.91. The molecule has 3 rings (SSSR count). The Bertz CT molecular complexity index is 901. The Hall–Kier alpha value is -2.59. The smallest absolute Gasteiger partial charge is 0.251 e. The van der Waals surface area contributed by atoms with E-state index in [2.05, 4.69) is 10.4 Å². The molecule has 0 atom stereocenters. The van der Waals surface area contributed by atoms with Gasteiger partial charge in [-0.05, 0) is 49.2 Å². The molecule has 4 nitrogen and oxygen atoms in total. The molecular formula is C20H20ClN3O. The zero-order valence-electron chi connectivity index (χ0n) is 14.3. The van der Waals surface area contributed by atoms with Crippen molar-refractivity contribution < 1.29 is 4.79 Å². The van der Waals surface area contributed by atoms with Crippen molar-refractivity contribution in [3.8, 4) is 0 Å². The van der Waals surface area contributed by atoms with Gasteiger partial charge in [-0.3, -0.25) is 9.48 Å². The van der Waals surface area contributed by atoms with Crippen LogP contribution in [-0.2, 0) is 13.1 Å². The third-order valence-corrected chi connectivity index (χ3v) is 4.39. The molecule has 1 aromatic heterocycles. The van der Waals surface area contributed by atoms with E-state index in [1.807, 2.05) is 73.1 Å². The lowest BCUT2D eigenvalue weighted by atomic mass is 10.1. The summed E-state index contributed by atoms with van der Waals surface area (Å²) >= 11 is 6.12. The zero-order valence-corrected chi connectivity index (χ0v) is 15.0. The molecule has 0 aliphatic carbocycles. The van der Waals surface area contributed by atoms with Gasteiger partial charge < -0.3 is 5.32 Å². The predicted octanol–water partition coefficient (Wildman–Crippen LogP) is 4.13. The van der Waals surface area contributed by atoms with Crippen molar-refractivity contribution >= 4 is 17.5 Å². The van der Waals surface area contributed by atoms with E-state index in [-0.39, 0.29) is 5.91 Å². The second-order valence-corrected chi connectivity index (χ2v) is 6.47. The Morgan fingerprint density at radius 1 is 1.12 bits per heavy atom. The van der Waals surface area contributed by atoms with Gasteiger partial charge in [0.15, 0.2) is 0 Å². The molecule has 0 saturated carbocycles. The minimum atomic E-state index is -0.116. The number of carbonyl (C=O) groups excluding carboxylic acids is 1. The van der Waals surface area contributed by atoms with Crippen LogP contribution in [0.3, 0.4) is 0 Å². The first-order valence-electron chi connectivity index (χ1n) is 8.14. The van der Waals surface area contributed by atoms with E-state index in [0.717, 1.165) is 22.5 Å². The molecule has 25 heavy (non-hydrogen) atoms. The summed E-state index contributed by atoms with van der Waals surface area (Å²) in [6, 6.07) is 17.1. The zero-order chi connectivity index (χ0) is 17.8. The fourth-order valence-corrected chi connectivity index (χ4v) is 2.94. The molecule has 0 aliphatic heterocycles. The summed E-state index contributed by atoms with van der Waals surface area (Å²) < 4.78 is 1.94. The predicted molar refractivity (Wildman–Crippen MR) is 99.9 cm³/mol. The Kier molecular flexibility index (Phi) is 5.19. The van der Waals surface area contributed by atoms with Crippen LogP contribution in [0.5, 0.6) is 0 Å². The van der Waals surface area contributed by atoms with Crippen molar-refractivity contribution in [2.45, 2.75) is 26.9 Å². The van der Waals surface area contributed by atoms with Crippen molar-refractivity contribution in [1.82, 2.24) is 15.1 Å².